The van der Waals surface area contributed by atoms with Gasteiger partial charge in [0.05, 0.1) is 12.2 Å². The van der Waals surface area contributed by atoms with Crippen molar-refractivity contribution in [1.29, 1.82) is 0 Å². The zero-order valence-corrected chi connectivity index (χ0v) is 16.8. The predicted molar refractivity (Wildman–Crippen MR) is 106 cm³/mol. The number of hydrogen-bond donors (Lipinski definition) is 0. The van der Waals surface area contributed by atoms with Gasteiger partial charge < -0.3 is 4.90 Å². The number of likely N-dealkylation sites (tertiary alicyclic amines) is 1. The van der Waals surface area contributed by atoms with E-state index in [1.807, 2.05) is 6.07 Å². The molecule has 0 spiro atoms. The molecule has 6 heteroatoms. The fourth-order valence-electron chi connectivity index (χ4n) is 3.77. The number of hydrogen-bond acceptors (Lipinski definition) is 5. The summed E-state index contributed by atoms with van der Waals surface area (Å²) in [6, 6.07) is 3.52. The summed E-state index contributed by atoms with van der Waals surface area (Å²) in [4.78, 5) is 19.7. The predicted octanol–water partition coefficient (Wildman–Crippen LogP) is 1.25. The molecule has 2 aliphatic heterocycles. The lowest BCUT2D eigenvalue weighted by molar-refractivity contribution is 0.118. The van der Waals surface area contributed by atoms with Crippen LogP contribution >= 0.6 is 0 Å². The van der Waals surface area contributed by atoms with E-state index in [-0.39, 0.29) is 11.0 Å². The molecular weight excluding hydrogens is 326 g/mol. The van der Waals surface area contributed by atoms with Gasteiger partial charge in [0.1, 0.15) is 0 Å². The van der Waals surface area contributed by atoms with Crippen LogP contribution in [-0.4, -0.2) is 83.4 Å². The third-order valence-electron chi connectivity index (χ3n) is 5.66. The molecule has 1 aromatic heterocycles. The van der Waals surface area contributed by atoms with Crippen LogP contribution in [0.3, 0.4) is 0 Å². The fraction of sp³-hybridized carbons (Fsp3) is 0.800. The molecule has 0 unspecified atom stereocenters. The van der Waals surface area contributed by atoms with Gasteiger partial charge in [0.15, 0.2) is 0 Å². The molecule has 3 heterocycles. The van der Waals surface area contributed by atoms with Crippen molar-refractivity contribution >= 4 is 0 Å². The average Bonchev–Trinajstić information content (AvgIpc) is 3.13. The summed E-state index contributed by atoms with van der Waals surface area (Å²) in [5.74, 6) is 0. The standard InChI is InChI=1S/C20H35N5O/c1-20(2,3)18-6-7-19(26)25(21-18)17-16-24-14-12-23(13-15-24)11-10-22-8-4-5-9-22/h6-7H,4-5,8-17H2,1-3H3. The molecule has 0 saturated carbocycles. The fourth-order valence-corrected chi connectivity index (χ4v) is 3.77. The molecule has 146 valence electrons. The molecular formula is C20H35N5O. The molecule has 0 aromatic carbocycles. The van der Waals surface area contributed by atoms with Crippen LogP contribution in [0.25, 0.3) is 0 Å². The van der Waals surface area contributed by atoms with Gasteiger partial charge in [0.25, 0.3) is 5.56 Å². The summed E-state index contributed by atoms with van der Waals surface area (Å²) in [6.07, 6.45) is 2.75. The van der Waals surface area contributed by atoms with E-state index >= 15 is 0 Å². The maximum atomic E-state index is 12.1. The van der Waals surface area contributed by atoms with Gasteiger partial charge in [-0.2, -0.15) is 5.10 Å². The van der Waals surface area contributed by atoms with Crippen LogP contribution in [0.2, 0.25) is 0 Å². The molecule has 0 aliphatic carbocycles. The van der Waals surface area contributed by atoms with Gasteiger partial charge in [-0.1, -0.05) is 20.8 Å². The smallest absolute Gasteiger partial charge is 0.266 e. The summed E-state index contributed by atoms with van der Waals surface area (Å²) >= 11 is 0. The summed E-state index contributed by atoms with van der Waals surface area (Å²) in [7, 11) is 0. The molecule has 26 heavy (non-hydrogen) atoms. The van der Waals surface area contributed by atoms with Crippen molar-refractivity contribution in [3.8, 4) is 0 Å². The molecule has 1 aromatic rings. The highest BCUT2D eigenvalue weighted by molar-refractivity contribution is 5.10. The van der Waals surface area contributed by atoms with E-state index in [1.54, 1.807) is 10.7 Å². The number of rotatable bonds is 6. The second-order valence-electron chi connectivity index (χ2n) is 8.76. The van der Waals surface area contributed by atoms with Crippen LogP contribution in [0, 0.1) is 0 Å². The Bertz CT molecular complexity index is 622. The number of nitrogens with zero attached hydrogens (tertiary/aromatic N) is 5. The number of aromatic nitrogens is 2. The zero-order valence-electron chi connectivity index (χ0n) is 16.8. The summed E-state index contributed by atoms with van der Waals surface area (Å²) < 4.78 is 1.64. The van der Waals surface area contributed by atoms with Crippen LogP contribution < -0.4 is 5.56 Å². The van der Waals surface area contributed by atoms with Crippen molar-refractivity contribution in [3.05, 3.63) is 28.2 Å². The van der Waals surface area contributed by atoms with Crippen molar-refractivity contribution in [2.45, 2.75) is 45.6 Å². The first-order valence-corrected chi connectivity index (χ1v) is 10.2. The highest BCUT2D eigenvalue weighted by Gasteiger charge is 2.20. The second-order valence-corrected chi connectivity index (χ2v) is 8.76. The highest BCUT2D eigenvalue weighted by atomic mass is 16.1. The molecule has 0 N–H and O–H groups in total. The van der Waals surface area contributed by atoms with E-state index < -0.39 is 0 Å². The van der Waals surface area contributed by atoms with E-state index in [4.69, 9.17) is 0 Å². The largest absolute Gasteiger partial charge is 0.302 e. The minimum atomic E-state index is -0.0313. The molecule has 2 aliphatic rings. The molecule has 0 radical (unpaired) electrons. The third kappa shape index (κ3) is 5.38. The Morgan fingerprint density at radius 2 is 1.31 bits per heavy atom. The Labute approximate surface area is 157 Å². The highest BCUT2D eigenvalue weighted by Crippen LogP contribution is 2.18. The Hall–Kier alpha value is -1.24. The van der Waals surface area contributed by atoms with Crippen molar-refractivity contribution in [2.75, 3.05) is 58.9 Å². The van der Waals surface area contributed by atoms with Crippen molar-refractivity contribution in [2.24, 2.45) is 0 Å². The Morgan fingerprint density at radius 1 is 0.808 bits per heavy atom. The zero-order chi connectivity index (χ0) is 18.6. The average molecular weight is 362 g/mol. The lowest BCUT2D eigenvalue weighted by atomic mass is 9.92. The molecule has 0 bridgehead atoms. The molecule has 2 fully saturated rings. The van der Waals surface area contributed by atoms with E-state index in [0.717, 1.165) is 38.4 Å². The summed E-state index contributed by atoms with van der Waals surface area (Å²) in [6.45, 7) is 17.4. The summed E-state index contributed by atoms with van der Waals surface area (Å²) in [5.41, 5.74) is 0.947. The van der Waals surface area contributed by atoms with E-state index in [9.17, 15) is 4.79 Å². The minimum absolute atomic E-state index is 0.00208. The monoisotopic (exact) mass is 361 g/mol. The SMILES string of the molecule is CC(C)(C)c1ccc(=O)n(CCN2CCN(CCN3CCCC3)CC2)n1. The van der Waals surface area contributed by atoms with Gasteiger partial charge in [-0.25, -0.2) is 4.68 Å². The quantitative estimate of drug-likeness (QED) is 0.763. The van der Waals surface area contributed by atoms with Gasteiger partial charge in [0, 0.05) is 57.3 Å². The van der Waals surface area contributed by atoms with Crippen molar-refractivity contribution in [3.63, 3.8) is 0 Å². The molecule has 0 amide bonds. The van der Waals surface area contributed by atoms with Crippen molar-refractivity contribution in [1.82, 2.24) is 24.5 Å². The first-order chi connectivity index (χ1) is 12.4. The summed E-state index contributed by atoms with van der Waals surface area (Å²) in [5, 5.41) is 4.58. The maximum Gasteiger partial charge on any atom is 0.266 e. The van der Waals surface area contributed by atoms with Crippen LogP contribution in [0.15, 0.2) is 16.9 Å². The van der Waals surface area contributed by atoms with Gasteiger partial charge >= 0.3 is 0 Å². The van der Waals surface area contributed by atoms with Gasteiger partial charge in [-0.05, 0) is 32.0 Å². The molecule has 3 rings (SSSR count). The van der Waals surface area contributed by atoms with Gasteiger partial charge in [-0.3, -0.25) is 14.6 Å². The molecule has 6 nitrogen and oxygen atoms in total. The lowest BCUT2D eigenvalue weighted by Crippen LogP contribution is -2.49. The van der Waals surface area contributed by atoms with Crippen LogP contribution in [0.4, 0.5) is 0 Å². The normalized spacial score (nSPS) is 20.7. The maximum absolute atomic E-state index is 12.1. The van der Waals surface area contributed by atoms with Gasteiger partial charge in [-0.15, -0.1) is 0 Å². The Kier molecular flexibility index (Phi) is 6.48. The number of piperazine rings is 1. The van der Waals surface area contributed by atoms with Crippen LogP contribution in [-0.2, 0) is 12.0 Å². The van der Waals surface area contributed by atoms with Crippen molar-refractivity contribution < 1.29 is 0 Å². The van der Waals surface area contributed by atoms with E-state index in [1.165, 1.54) is 39.0 Å². The van der Waals surface area contributed by atoms with Crippen LogP contribution in [0.1, 0.15) is 39.3 Å². The molecule has 2 saturated heterocycles. The second kappa shape index (κ2) is 8.63. The van der Waals surface area contributed by atoms with E-state index in [0.29, 0.717) is 6.54 Å². The van der Waals surface area contributed by atoms with Crippen LogP contribution in [0.5, 0.6) is 0 Å². The first kappa shape index (κ1) is 19.5. The Balaban J connectivity index is 1.43. The van der Waals surface area contributed by atoms with E-state index in [2.05, 4.69) is 40.6 Å². The topological polar surface area (TPSA) is 44.6 Å². The van der Waals surface area contributed by atoms with Gasteiger partial charge in [0.2, 0.25) is 0 Å². The first-order valence-electron chi connectivity index (χ1n) is 10.2. The minimum Gasteiger partial charge on any atom is -0.302 e. The lowest BCUT2D eigenvalue weighted by Gasteiger charge is -2.35. The molecule has 0 atom stereocenters. The third-order valence-corrected chi connectivity index (χ3v) is 5.66. The Morgan fingerprint density at radius 3 is 1.85 bits per heavy atom.